The van der Waals surface area contributed by atoms with Crippen LogP contribution in [0.25, 0.3) is 0 Å². The summed E-state index contributed by atoms with van der Waals surface area (Å²) in [6, 6.07) is 0. The highest BCUT2D eigenvalue weighted by Gasteiger charge is 2.42. The fourth-order valence-electron chi connectivity index (χ4n) is 1.48. The maximum absolute atomic E-state index is 12.9. The van der Waals surface area contributed by atoms with Crippen molar-refractivity contribution in [3.63, 3.8) is 0 Å². The third-order valence-corrected chi connectivity index (χ3v) is 2.14. The van der Waals surface area contributed by atoms with E-state index in [0.717, 1.165) is 6.42 Å². The number of hydrogen-bond acceptors (Lipinski definition) is 1. The minimum absolute atomic E-state index is 0.114. The van der Waals surface area contributed by atoms with Gasteiger partial charge >= 0.3 is 0 Å². The van der Waals surface area contributed by atoms with Crippen LogP contribution in [0.1, 0.15) is 25.7 Å². The lowest BCUT2D eigenvalue weighted by Gasteiger charge is -2.29. The van der Waals surface area contributed by atoms with Crippen molar-refractivity contribution in [2.45, 2.75) is 31.6 Å². The van der Waals surface area contributed by atoms with E-state index in [2.05, 4.69) is 0 Å². The molecule has 64 valence electrons. The Hall–Kier alpha value is -0.670. The molecular formula is C7H12F2N2. The summed E-state index contributed by atoms with van der Waals surface area (Å²) in [6.07, 6.45) is 1.57. The minimum Gasteiger partial charge on any atom is -0.387 e. The average molecular weight is 162 g/mol. The molecule has 0 amide bonds. The summed E-state index contributed by atoms with van der Waals surface area (Å²) >= 11 is 0. The lowest BCUT2D eigenvalue weighted by Crippen LogP contribution is -2.40. The number of halogens is 2. The van der Waals surface area contributed by atoms with E-state index in [1.807, 2.05) is 0 Å². The second kappa shape index (κ2) is 2.75. The Kier molecular flexibility index (Phi) is 2.11. The molecule has 0 aromatic heterocycles. The smallest absolute Gasteiger partial charge is 0.257 e. The summed E-state index contributed by atoms with van der Waals surface area (Å²) in [6.45, 7) is 0. The van der Waals surface area contributed by atoms with Gasteiger partial charge in [-0.2, -0.15) is 0 Å². The third-order valence-electron chi connectivity index (χ3n) is 2.14. The molecule has 3 N–H and O–H groups in total. The molecule has 1 atom stereocenters. The zero-order valence-corrected chi connectivity index (χ0v) is 6.24. The fourth-order valence-corrected chi connectivity index (χ4v) is 1.48. The van der Waals surface area contributed by atoms with Crippen molar-refractivity contribution in [3.05, 3.63) is 0 Å². The van der Waals surface area contributed by atoms with Gasteiger partial charge in [0.2, 0.25) is 0 Å². The summed E-state index contributed by atoms with van der Waals surface area (Å²) in [5.74, 6) is -4.10. The first-order valence-electron chi connectivity index (χ1n) is 3.76. The van der Waals surface area contributed by atoms with E-state index in [-0.39, 0.29) is 12.3 Å². The molecule has 1 rings (SSSR count). The Balaban J connectivity index is 2.67. The molecule has 1 aliphatic carbocycles. The Labute approximate surface area is 64.3 Å². The van der Waals surface area contributed by atoms with Gasteiger partial charge in [0.1, 0.15) is 0 Å². The number of hydrogen-bond donors (Lipinski definition) is 2. The van der Waals surface area contributed by atoms with Crippen LogP contribution in [0.15, 0.2) is 0 Å². The molecule has 0 spiro atoms. The topological polar surface area (TPSA) is 49.9 Å². The Morgan fingerprint density at radius 1 is 1.45 bits per heavy atom. The Bertz CT molecular complexity index is 168. The fraction of sp³-hybridized carbons (Fsp3) is 0.857. The quantitative estimate of drug-likeness (QED) is 0.448. The standard InChI is InChI=1S/C7H12F2N2/c8-7(9)4-2-1-3-5(7)6(10)11/h5H,1-4H2,(H3,10,11). The largest absolute Gasteiger partial charge is 0.387 e. The van der Waals surface area contributed by atoms with Crippen LogP contribution in [0.3, 0.4) is 0 Å². The van der Waals surface area contributed by atoms with Crippen LogP contribution < -0.4 is 5.73 Å². The summed E-state index contributed by atoms with van der Waals surface area (Å²) in [5.41, 5.74) is 5.05. The predicted molar refractivity (Wildman–Crippen MR) is 38.8 cm³/mol. The second-order valence-electron chi connectivity index (χ2n) is 3.01. The monoisotopic (exact) mass is 162 g/mol. The van der Waals surface area contributed by atoms with Crippen LogP contribution in [0.5, 0.6) is 0 Å². The van der Waals surface area contributed by atoms with Crippen molar-refractivity contribution in [2.24, 2.45) is 11.7 Å². The molecule has 0 aromatic rings. The van der Waals surface area contributed by atoms with Crippen LogP contribution in [0, 0.1) is 11.3 Å². The Morgan fingerprint density at radius 3 is 2.45 bits per heavy atom. The van der Waals surface area contributed by atoms with E-state index in [1.54, 1.807) is 0 Å². The molecule has 1 fully saturated rings. The zero-order chi connectivity index (χ0) is 8.48. The van der Waals surface area contributed by atoms with Gasteiger partial charge in [0.25, 0.3) is 5.92 Å². The Morgan fingerprint density at radius 2 is 2.09 bits per heavy atom. The van der Waals surface area contributed by atoms with Gasteiger partial charge in [0.15, 0.2) is 0 Å². The van der Waals surface area contributed by atoms with E-state index in [1.165, 1.54) is 0 Å². The molecule has 11 heavy (non-hydrogen) atoms. The first-order valence-corrected chi connectivity index (χ1v) is 3.76. The van der Waals surface area contributed by atoms with Crippen molar-refractivity contribution in [1.29, 1.82) is 5.41 Å². The second-order valence-corrected chi connectivity index (χ2v) is 3.01. The maximum atomic E-state index is 12.9. The number of alkyl halides is 2. The van der Waals surface area contributed by atoms with Gasteiger partial charge in [-0.15, -0.1) is 0 Å². The molecule has 0 aliphatic heterocycles. The van der Waals surface area contributed by atoms with Crippen molar-refractivity contribution in [2.75, 3.05) is 0 Å². The number of amidine groups is 1. The van der Waals surface area contributed by atoms with E-state index in [4.69, 9.17) is 11.1 Å². The molecule has 0 saturated heterocycles. The molecule has 0 bridgehead atoms. The van der Waals surface area contributed by atoms with Crippen molar-refractivity contribution in [3.8, 4) is 0 Å². The maximum Gasteiger partial charge on any atom is 0.257 e. The summed E-state index contributed by atoms with van der Waals surface area (Å²) in [4.78, 5) is 0. The van der Waals surface area contributed by atoms with Crippen LogP contribution in [0.4, 0.5) is 8.78 Å². The van der Waals surface area contributed by atoms with Gasteiger partial charge < -0.3 is 5.73 Å². The molecular weight excluding hydrogens is 150 g/mol. The van der Waals surface area contributed by atoms with Gasteiger partial charge in [-0.05, 0) is 12.8 Å². The molecule has 2 nitrogen and oxygen atoms in total. The van der Waals surface area contributed by atoms with Crippen molar-refractivity contribution < 1.29 is 8.78 Å². The van der Waals surface area contributed by atoms with Gasteiger partial charge in [-0.3, -0.25) is 5.41 Å². The van der Waals surface area contributed by atoms with Crippen LogP contribution in [0.2, 0.25) is 0 Å². The molecule has 0 radical (unpaired) electrons. The summed E-state index contributed by atoms with van der Waals surface area (Å²) in [5, 5.41) is 6.94. The molecule has 1 aliphatic rings. The highest BCUT2D eigenvalue weighted by molar-refractivity contribution is 5.80. The van der Waals surface area contributed by atoms with E-state index < -0.39 is 11.8 Å². The van der Waals surface area contributed by atoms with Crippen molar-refractivity contribution >= 4 is 5.84 Å². The van der Waals surface area contributed by atoms with Gasteiger partial charge in [0.05, 0.1) is 11.8 Å². The predicted octanol–water partition coefficient (Wildman–Crippen LogP) is 1.75. The highest BCUT2D eigenvalue weighted by Crippen LogP contribution is 2.37. The van der Waals surface area contributed by atoms with Gasteiger partial charge in [0, 0.05) is 6.42 Å². The molecule has 0 heterocycles. The van der Waals surface area contributed by atoms with Gasteiger partial charge in [-0.25, -0.2) is 8.78 Å². The molecule has 1 unspecified atom stereocenters. The van der Waals surface area contributed by atoms with E-state index in [0.29, 0.717) is 12.8 Å². The molecule has 1 saturated carbocycles. The number of nitrogens with one attached hydrogen (secondary N) is 1. The van der Waals surface area contributed by atoms with Crippen LogP contribution in [-0.4, -0.2) is 11.8 Å². The van der Waals surface area contributed by atoms with Gasteiger partial charge in [-0.1, -0.05) is 6.42 Å². The molecule has 0 aromatic carbocycles. The van der Waals surface area contributed by atoms with E-state index in [9.17, 15) is 8.78 Å². The lowest BCUT2D eigenvalue weighted by molar-refractivity contribution is -0.0606. The normalized spacial score (nSPS) is 29.8. The number of nitrogens with two attached hydrogens (primary N) is 1. The first kappa shape index (κ1) is 8.43. The molecule has 4 heteroatoms. The van der Waals surface area contributed by atoms with Crippen LogP contribution >= 0.6 is 0 Å². The third kappa shape index (κ3) is 1.67. The minimum atomic E-state index is -2.73. The summed E-state index contributed by atoms with van der Waals surface area (Å²) in [7, 11) is 0. The lowest BCUT2D eigenvalue weighted by atomic mass is 9.85. The number of rotatable bonds is 1. The SMILES string of the molecule is N=C(N)C1CCCCC1(F)F. The van der Waals surface area contributed by atoms with E-state index >= 15 is 0 Å². The average Bonchev–Trinajstić information content (AvgIpc) is 1.85. The zero-order valence-electron chi connectivity index (χ0n) is 6.24. The first-order chi connectivity index (χ1) is 5.04. The highest BCUT2D eigenvalue weighted by atomic mass is 19.3. The van der Waals surface area contributed by atoms with Crippen LogP contribution in [-0.2, 0) is 0 Å². The van der Waals surface area contributed by atoms with Crippen molar-refractivity contribution in [1.82, 2.24) is 0 Å². The summed E-state index contributed by atoms with van der Waals surface area (Å²) < 4.78 is 25.8.